The molecule has 5 N–H and O–H groups in total. The number of carbonyl (C=O) groups excluding carboxylic acids is 2. The number of carboxylic acid groups (broad SMARTS) is 1. The summed E-state index contributed by atoms with van der Waals surface area (Å²) in [5.74, 6) is -3.62. The average molecular weight is 604 g/mol. The van der Waals surface area contributed by atoms with Crippen molar-refractivity contribution >= 4 is 23.5 Å². The van der Waals surface area contributed by atoms with Crippen molar-refractivity contribution in [3.8, 4) is 0 Å². The van der Waals surface area contributed by atoms with Crippen molar-refractivity contribution in [1.29, 1.82) is 0 Å². The number of nitrogens with zero attached hydrogens (tertiary/aromatic N) is 2. The molecular weight excluding hydrogens is 560 g/mol. The summed E-state index contributed by atoms with van der Waals surface area (Å²) in [6.45, 7) is 10.8. The average Bonchev–Trinajstić information content (AvgIpc) is 3.02. The van der Waals surface area contributed by atoms with Gasteiger partial charge in [-0.25, -0.2) is 14.4 Å². The zero-order valence-electron chi connectivity index (χ0n) is 25.5. The standard InChI is InChI=1S/C29H37F2N5O5.C2H6/c1-5-8-11-22(25(37)12-9-10-18(4)29(40)41)34-28(39)24-16-23(33-26(7-3)36(24)35-31)27(38)32-17-19-13-14-21(30)20(6-2)15-19;1-2/h7-11,13-16,18,22,25,35,37H,5-6,12,17H2,1-4H3,(H,32,38)(H,34,39)(H,40,41);1-2H3/b10-9+,11-8+,26-7-;. The van der Waals surface area contributed by atoms with E-state index in [1.54, 1.807) is 31.2 Å². The topological polar surface area (TPSA) is 143 Å². The van der Waals surface area contributed by atoms with Crippen LogP contribution in [-0.2, 0) is 27.3 Å². The minimum Gasteiger partial charge on any atom is -0.481 e. The molecule has 1 aromatic rings. The SMILES string of the molecule is C/C=C1/N=C(C(=O)NCc2ccc(F)c(CC)c2)C=C(C(=O)NC(/C=C/CC)C(O)C/C=C/C(C)C(=O)O)N1NF.CC. The summed E-state index contributed by atoms with van der Waals surface area (Å²) in [6, 6.07) is 3.60. The molecule has 2 rings (SSSR count). The summed E-state index contributed by atoms with van der Waals surface area (Å²) in [4.78, 5) is 41.4. The number of aliphatic hydroxyl groups is 1. The number of halogens is 2. The molecule has 2 amide bonds. The van der Waals surface area contributed by atoms with Gasteiger partial charge in [0.1, 0.15) is 23.0 Å². The first-order valence-corrected chi connectivity index (χ1v) is 14.3. The van der Waals surface area contributed by atoms with Crippen LogP contribution in [0.3, 0.4) is 0 Å². The van der Waals surface area contributed by atoms with Gasteiger partial charge in [0.2, 0.25) is 0 Å². The number of aliphatic imine (C=N–C) groups is 1. The molecule has 0 aliphatic carbocycles. The molecule has 0 spiro atoms. The normalized spacial score (nSPS) is 16.2. The first-order chi connectivity index (χ1) is 20.6. The van der Waals surface area contributed by atoms with E-state index in [0.29, 0.717) is 24.0 Å². The van der Waals surface area contributed by atoms with E-state index in [0.717, 1.165) is 11.1 Å². The highest BCUT2D eigenvalue weighted by Gasteiger charge is 2.30. The molecule has 0 fully saturated rings. The van der Waals surface area contributed by atoms with Crippen LogP contribution in [0.15, 0.2) is 71.2 Å². The van der Waals surface area contributed by atoms with Crippen molar-refractivity contribution in [2.75, 3.05) is 0 Å². The second kappa shape index (κ2) is 19.1. The predicted molar refractivity (Wildman–Crippen MR) is 162 cm³/mol. The molecule has 1 aliphatic rings. The number of benzene rings is 1. The van der Waals surface area contributed by atoms with Crippen molar-refractivity contribution in [1.82, 2.24) is 21.3 Å². The van der Waals surface area contributed by atoms with Gasteiger partial charge >= 0.3 is 5.97 Å². The van der Waals surface area contributed by atoms with Gasteiger partial charge in [-0.2, -0.15) is 0 Å². The molecule has 0 saturated heterocycles. The lowest BCUT2D eigenvalue weighted by molar-refractivity contribution is -0.139. The Morgan fingerprint density at radius 1 is 1.12 bits per heavy atom. The third-order valence-corrected chi connectivity index (χ3v) is 6.21. The van der Waals surface area contributed by atoms with Crippen molar-refractivity contribution in [2.45, 2.75) is 79.5 Å². The number of hydrogen-bond acceptors (Lipinski definition) is 7. The Kier molecular flexibility index (Phi) is 16.4. The molecule has 43 heavy (non-hydrogen) atoms. The molecule has 0 saturated carbocycles. The number of allylic oxidation sites excluding steroid dienone is 2. The number of aliphatic carboxylic acids is 1. The first kappa shape index (κ1) is 36.9. The van der Waals surface area contributed by atoms with Crippen LogP contribution in [0.5, 0.6) is 0 Å². The summed E-state index contributed by atoms with van der Waals surface area (Å²) < 4.78 is 27.6. The third kappa shape index (κ3) is 11.2. The van der Waals surface area contributed by atoms with Crippen LogP contribution in [0.25, 0.3) is 0 Å². The molecule has 0 radical (unpaired) electrons. The maximum atomic E-state index is 13.8. The van der Waals surface area contributed by atoms with Gasteiger partial charge in [0, 0.05) is 12.6 Å². The van der Waals surface area contributed by atoms with E-state index in [1.807, 2.05) is 27.7 Å². The predicted octanol–water partition coefficient (Wildman–Crippen LogP) is 4.40. The molecule has 1 aromatic carbocycles. The van der Waals surface area contributed by atoms with Crippen LogP contribution in [0.4, 0.5) is 8.87 Å². The summed E-state index contributed by atoms with van der Waals surface area (Å²) in [7, 11) is 0. The van der Waals surface area contributed by atoms with Gasteiger partial charge in [0.05, 0.1) is 18.1 Å². The van der Waals surface area contributed by atoms with Crippen LogP contribution >= 0.6 is 0 Å². The number of aryl methyl sites for hydroxylation is 1. The highest BCUT2D eigenvalue weighted by molar-refractivity contribution is 6.44. The lowest BCUT2D eigenvalue weighted by atomic mass is 10.0. The molecule has 236 valence electrons. The second-order valence-corrected chi connectivity index (χ2v) is 9.25. The van der Waals surface area contributed by atoms with Crippen LogP contribution in [0.2, 0.25) is 0 Å². The highest BCUT2D eigenvalue weighted by Crippen LogP contribution is 2.19. The molecule has 3 unspecified atom stereocenters. The summed E-state index contributed by atoms with van der Waals surface area (Å²) >= 11 is 0. The number of rotatable bonds is 14. The number of nitrogens with one attached hydrogen (secondary N) is 3. The van der Waals surface area contributed by atoms with E-state index in [1.165, 1.54) is 36.9 Å². The maximum Gasteiger partial charge on any atom is 0.310 e. The molecule has 3 atom stereocenters. The van der Waals surface area contributed by atoms with E-state index in [2.05, 4.69) is 15.6 Å². The molecule has 1 aliphatic heterocycles. The van der Waals surface area contributed by atoms with Crippen molar-refractivity contribution in [2.24, 2.45) is 10.9 Å². The Labute approximate surface area is 251 Å². The van der Waals surface area contributed by atoms with Gasteiger partial charge in [-0.3, -0.25) is 14.4 Å². The largest absolute Gasteiger partial charge is 0.481 e. The third-order valence-electron chi connectivity index (χ3n) is 6.21. The number of carbonyl (C=O) groups is 3. The maximum absolute atomic E-state index is 13.8. The number of carboxylic acids is 1. The van der Waals surface area contributed by atoms with Crippen LogP contribution < -0.4 is 16.3 Å². The van der Waals surface area contributed by atoms with Crippen LogP contribution in [0.1, 0.15) is 65.5 Å². The van der Waals surface area contributed by atoms with Crippen LogP contribution in [-0.4, -0.2) is 50.9 Å². The first-order valence-electron chi connectivity index (χ1n) is 14.3. The minimum atomic E-state index is -1.13. The minimum absolute atomic E-state index is 0.0408. The fourth-order valence-electron chi connectivity index (χ4n) is 3.80. The van der Waals surface area contributed by atoms with Gasteiger partial charge < -0.3 is 20.8 Å². The van der Waals surface area contributed by atoms with E-state index in [4.69, 9.17) is 5.11 Å². The Hall–Kier alpha value is -4.16. The zero-order chi connectivity index (χ0) is 32.5. The number of hydrogen-bond donors (Lipinski definition) is 5. The van der Waals surface area contributed by atoms with Crippen molar-refractivity contribution in [3.05, 3.63) is 83.1 Å². The summed E-state index contributed by atoms with van der Waals surface area (Å²) in [6.07, 6.45) is 8.76. The van der Waals surface area contributed by atoms with E-state index < -0.39 is 35.8 Å². The summed E-state index contributed by atoms with van der Waals surface area (Å²) in [5.41, 5.74) is 2.10. The molecule has 0 aromatic heterocycles. The lowest BCUT2D eigenvalue weighted by Crippen LogP contribution is -2.48. The zero-order valence-corrected chi connectivity index (χ0v) is 25.5. The van der Waals surface area contributed by atoms with Crippen LogP contribution in [0, 0.1) is 11.7 Å². The van der Waals surface area contributed by atoms with E-state index >= 15 is 0 Å². The van der Waals surface area contributed by atoms with Gasteiger partial charge in [-0.1, -0.05) is 69.8 Å². The quantitative estimate of drug-likeness (QED) is 0.157. The van der Waals surface area contributed by atoms with Gasteiger partial charge in [0.15, 0.2) is 0 Å². The Bertz CT molecular complexity index is 1260. The summed E-state index contributed by atoms with van der Waals surface area (Å²) in [5, 5.41) is 25.8. The van der Waals surface area contributed by atoms with Crippen molar-refractivity contribution < 1.29 is 33.5 Å². The molecule has 12 heteroatoms. The molecule has 10 nitrogen and oxygen atoms in total. The second-order valence-electron chi connectivity index (χ2n) is 9.25. The van der Waals surface area contributed by atoms with Gasteiger partial charge in [-0.15, -0.1) is 4.48 Å². The van der Waals surface area contributed by atoms with E-state index in [9.17, 15) is 28.4 Å². The molecule has 1 heterocycles. The van der Waals surface area contributed by atoms with E-state index in [-0.39, 0.29) is 36.0 Å². The Morgan fingerprint density at radius 2 is 1.81 bits per heavy atom. The highest BCUT2D eigenvalue weighted by atomic mass is 19.2. The fraction of sp³-hybridized carbons (Fsp3) is 0.419. The number of amides is 2. The smallest absolute Gasteiger partial charge is 0.310 e. The number of hydrazine groups is 1. The van der Waals surface area contributed by atoms with Gasteiger partial charge in [-0.05, 0) is 56.4 Å². The fourth-order valence-corrected chi connectivity index (χ4v) is 3.80. The monoisotopic (exact) mass is 603 g/mol. The lowest BCUT2D eigenvalue weighted by Gasteiger charge is -2.28. The van der Waals surface area contributed by atoms with Crippen molar-refractivity contribution in [3.63, 3.8) is 0 Å². The Balaban J connectivity index is 0.00000452. The molecular formula is C31H43F2N5O5. The number of aliphatic hydroxyl groups excluding tert-OH is 1. The van der Waals surface area contributed by atoms with Gasteiger partial charge in [0.25, 0.3) is 11.8 Å². The Morgan fingerprint density at radius 3 is 2.40 bits per heavy atom. The molecule has 0 bridgehead atoms.